The van der Waals surface area contributed by atoms with Crippen molar-refractivity contribution in [2.45, 2.75) is 32.1 Å². The molecule has 2 heterocycles. The van der Waals surface area contributed by atoms with Crippen LogP contribution in [-0.2, 0) is 11.2 Å². The molecule has 3 rings (SSSR count). The molecule has 1 fully saturated rings. The van der Waals surface area contributed by atoms with Crippen molar-refractivity contribution in [1.29, 1.82) is 0 Å². The molecule has 0 N–H and O–H groups in total. The first-order valence-electron chi connectivity index (χ1n) is 7.64. The first-order valence-corrected chi connectivity index (χ1v) is 7.64. The van der Waals surface area contributed by atoms with Crippen LogP contribution in [0.25, 0.3) is 0 Å². The summed E-state index contributed by atoms with van der Waals surface area (Å²) in [6.07, 6.45) is 8.89. The molecule has 1 saturated heterocycles. The Morgan fingerprint density at radius 2 is 1.90 bits per heavy atom. The van der Waals surface area contributed by atoms with Gasteiger partial charge >= 0.3 is 0 Å². The third kappa shape index (κ3) is 3.57. The normalized spacial score (nSPS) is 17.4. The molecule has 0 unspecified atom stereocenters. The molecule has 0 aliphatic carbocycles. The summed E-state index contributed by atoms with van der Waals surface area (Å²) in [6.45, 7) is 2.16. The number of benzene rings is 1. The van der Waals surface area contributed by atoms with E-state index in [1.165, 1.54) is 12.0 Å². The highest BCUT2D eigenvalue weighted by molar-refractivity contribution is 5.77. The average Bonchev–Trinajstić information content (AvgIpc) is 3.00. The summed E-state index contributed by atoms with van der Waals surface area (Å²) >= 11 is 0. The molecule has 1 aromatic rings. The van der Waals surface area contributed by atoms with Crippen LogP contribution < -0.4 is 9.47 Å². The largest absolute Gasteiger partial charge is 0.454 e. The summed E-state index contributed by atoms with van der Waals surface area (Å²) in [4.78, 5) is 14.0. The van der Waals surface area contributed by atoms with Crippen molar-refractivity contribution in [3.8, 4) is 11.5 Å². The zero-order valence-corrected chi connectivity index (χ0v) is 12.2. The molecule has 0 saturated carbocycles. The van der Waals surface area contributed by atoms with Crippen LogP contribution in [0.3, 0.4) is 0 Å². The molecule has 4 nitrogen and oxygen atoms in total. The van der Waals surface area contributed by atoms with Gasteiger partial charge in [0.25, 0.3) is 0 Å². The SMILES string of the molecule is O=C(CC=CCc1ccc2c(c1)OCO2)N1CCCCC1. The van der Waals surface area contributed by atoms with Gasteiger partial charge in [-0.1, -0.05) is 18.2 Å². The Balaban J connectivity index is 1.47. The predicted molar refractivity (Wildman–Crippen MR) is 80.5 cm³/mol. The highest BCUT2D eigenvalue weighted by Gasteiger charge is 2.15. The summed E-state index contributed by atoms with van der Waals surface area (Å²) in [6, 6.07) is 5.97. The first-order chi connectivity index (χ1) is 10.3. The van der Waals surface area contributed by atoms with Gasteiger partial charge in [0.1, 0.15) is 0 Å². The van der Waals surface area contributed by atoms with Crippen molar-refractivity contribution in [3.05, 3.63) is 35.9 Å². The van der Waals surface area contributed by atoms with Gasteiger partial charge in [-0.3, -0.25) is 4.79 Å². The van der Waals surface area contributed by atoms with E-state index in [4.69, 9.17) is 9.47 Å². The van der Waals surface area contributed by atoms with Crippen LogP contribution in [0.2, 0.25) is 0 Å². The molecule has 0 spiro atoms. The second-order valence-electron chi connectivity index (χ2n) is 5.51. The Labute approximate surface area is 125 Å². The molecule has 2 aliphatic rings. The lowest BCUT2D eigenvalue weighted by atomic mass is 10.1. The minimum atomic E-state index is 0.247. The monoisotopic (exact) mass is 287 g/mol. The van der Waals surface area contributed by atoms with E-state index >= 15 is 0 Å². The van der Waals surface area contributed by atoms with E-state index < -0.39 is 0 Å². The number of nitrogens with zero attached hydrogens (tertiary/aromatic N) is 1. The summed E-state index contributed by atoms with van der Waals surface area (Å²) in [5.74, 6) is 1.87. The summed E-state index contributed by atoms with van der Waals surface area (Å²) < 4.78 is 10.6. The van der Waals surface area contributed by atoms with Crippen LogP contribution in [0.1, 0.15) is 31.2 Å². The Bertz CT molecular complexity index is 533. The van der Waals surface area contributed by atoms with Crippen LogP contribution in [-0.4, -0.2) is 30.7 Å². The van der Waals surface area contributed by atoms with E-state index in [9.17, 15) is 4.79 Å². The molecule has 112 valence electrons. The number of hydrogen-bond acceptors (Lipinski definition) is 3. The fourth-order valence-electron chi connectivity index (χ4n) is 2.74. The smallest absolute Gasteiger partial charge is 0.231 e. The minimum absolute atomic E-state index is 0.247. The molecular weight excluding hydrogens is 266 g/mol. The molecule has 4 heteroatoms. The molecular formula is C17H21NO3. The van der Waals surface area contributed by atoms with Gasteiger partial charge in [0.05, 0.1) is 0 Å². The number of allylic oxidation sites excluding steroid dienone is 1. The summed E-state index contributed by atoms with van der Waals surface area (Å²) in [7, 11) is 0. The number of carbonyl (C=O) groups is 1. The van der Waals surface area contributed by atoms with E-state index in [0.29, 0.717) is 13.2 Å². The highest BCUT2D eigenvalue weighted by atomic mass is 16.7. The van der Waals surface area contributed by atoms with Crippen LogP contribution in [0.15, 0.2) is 30.4 Å². The summed E-state index contributed by atoms with van der Waals surface area (Å²) in [5, 5.41) is 0. The van der Waals surface area contributed by atoms with Crippen molar-refractivity contribution in [1.82, 2.24) is 4.90 Å². The fraction of sp³-hybridized carbons (Fsp3) is 0.471. The van der Waals surface area contributed by atoms with Crippen molar-refractivity contribution in [2.24, 2.45) is 0 Å². The topological polar surface area (TPSA) is 38.8 Å². The molecule has 0 bridgehead atoms. The molecule has 0 aromatic heterocycles. The first kappa shape index (κ1) is 14.0. The van der Waals surface area contributed by atoms with Crippen molar-refractivity contribution in [2.75, 3.05) is 19.9 Å². The Morgan fingerprint density at radius 3 is 2.76 bits per heavy atom. The maximum absolute atomic E-state index is 12.0. The van der Waals surface area contributed by atoms with Gasteiger partial charge in [0, 0.05) is 19.5 Å². The molecule has 0 atom stereocenters. The third-order valence-corrected chi connectivity index (χ3v) is 3.96. The third-order valence-electron chi connectivity index (χ3n) is 3.96. The Kier molecular flexibility index (Phi) is 4.43. The van der Waals surface area contributed by atoms with E-state index in [-0.39, 0.29) is 5.91 Å². The fourth-order valence-corrected chi connectivity index (χ4v) is 2.74. The number of hydrogen-bond donors (Lipinski definition) is 0. The number of ether oxygens (including phenoxy) is 2. The van der Waals surface area contributed by atoms with Crippen molar-refractivity contribution in [3.63, 3.8) is 0 Å². The molecule has 1 amide bonds. The number of fused-ring (bicyclic) bond motifs is 1. The van der Waals surface area contributed by atoms with Gasteiger partial charge in [-0.15, -0.1) is 0 Å². The van der Waals surface area contributed by atoms with Gasteiger partial charge in [0.15, 0.2) is 11.5 Å². The van der Waals surface area contributed by atoms with Gasteiger partial charge < -0.3 is 14.4 Å². The van der Waals surface area contributed by atoms with E-state index in [1.54, 1.807) is 0 Å². The lowest BCUT2D eigenvalue weighted by Gasteiger charge is -2.26. The standard InChI is InChI=1S/C17H21NO3/c19-17(18-10-4-1-5-11-18)7-3-2-6-14-8-9-15-16(12-14)21-13-20-15/h2-3,8-9,12H,1,4-7,10-11,13H2. The van der Waals surface area contributed by atoms with E-state index in [2.05, 4.69) is 6.08 Å². The lowest BCUT2D eigenvalue weighted by molar-refractivity contribution is -0.131. The van der Waals surface area contributed by atoms with E-state index in [1.807, 2.05) is 29.2 Å². The predicted octanol–water partition coefficient (Wildman–Crippen LogP) is 2.92. The molecule has 1 aromatic carbocycles. The number of rotatable bonds is 4. The Hall–Kier alpha value is -1.97. The quantitative estimate of drug-likeness (QED) is 0.799. The van der Waals surface area contributed by atoms with Gasteiger partial charge in [-0.25, -0.2) is 0 Å². The van der Waals surface area contributed by atoms with Crippen molar-refractivity contribution < 1.29 is 14.3 Å². The van der Waals surface area contributed by atoms with E-state index in [0.717, 1.165) is 43.9 Å². The van der Waals surface area contributed by atoms with Crippen LogP contribution >= 0.6 is 0 Å². The summed E-state index contributed by atoms with van der Waals surface area (Å²) in [5.41, 5.74) is 1.17. The van der Waals surface area contributed by atoms with Crippen LogP contribution in [0.5, 0.6) is 11.5 Å². The maximum atomic E-state index is 12.0. The van der Waals surface area contributed by atoms with Gasteiger partial charge in [-0.2, -0.15) is 0 Å². The Morgan fingerprint density at radius 1 is 1.10 bits per heavy atom. The van der Waals surface area contributed by atoms with Gasteiger partial charge in [-0.05, 0) is 43.4 Å². The van der Waals surface area contributed by atoms with Crippen LogP contribution in [0, 0.1) is 0 Å². The molecule has 2 aliphatic heterocycles. The number of piperidine rings is 1. The second kappa shape index (κ2) is 6.66. The molecule has 0 radical (unpaired) electrons. The average molecular weight is 287 g/mol. The minimum Gasteiger partial charge on any atom is -0.454 e. The van der Waals surface area contributed by atoms with Gasteiger partial charge in [0.2, 0.25) is 12.7 Å². The molecule has 21 heavy (non-hydrogen) atoms. The maximum Gasteiger partial charge on any atom is 0.231 e. The zero-order valence-electron chi connectivity index (χ0n) is 12.2. The number of carbonyl (C=O) groups excluding carboxylic acids is 1. The highest BCUT2D eigenvalue weighted by Crippen LogP contribution is 2.32. The zero-order chi connectivity index (χ0) is 14.5. The second-order valence-corrected chi connectivity index (χ2v) is 5.51. The van der Waals surface area contributed by atoms with Crippen LogP contribution in [0.4, 0.5) is 0 Å². The number of likely N-dealkylation sites (tertiary alicyclic amines) is 1. The number of amides is 1. The lowest BCUT2D eigenvalue weighted by Crippen LogP contribution is -2.35. The van der Waals surface area contributed by atoms with Crippen molar-refractivity contribution >= 4 is 5.91 Å².